The van der Waals surface area contributed by atoms with Gasteiger partial charge in [0.25, 0.3) is 0 Å². The number of rotatable bonds is 8. The van der Waals surface area contributed by atoms with E-state index in [0.29, 0.717) is 6.54 Å². The zero-order valence-corrected chi connectivity index (χ0v) is 12.3. The molecule has 2 aromatic rings. The number of furan rings is 1. The zero-order valence-electron chi connectivity index (χ0n) is 11.5. The van der Waals surface area contributed by atoms with Gasteiger partial charge in [-0.1, -0.05) is 0 Å². The number of nitrogens with one attached hydrogen (secondary N) is 1. The van der Waals surface area contributed by atoms with Crippen molar-refractivity contribution >= 4 is 17.7 Å². The maximum Gasteiger partial charge on any atom is 0.242 e. The minimum absolute atomic E-state index is 0.0269. The van der Waals surface area contributed by atoms with Crippen LogP contribution < -0.4 is 5.32 Å². The summed E-state index contributed by atoms with van der Waals surface area (Å²) in [7, 11) is 0. The van der Waals surface area contributed by atoms with E-state index < -0.39 is 0 Å². The molecule has 0 aliphatic rings. The SMILES string of the molecule is CC(C(=O)NCCCSCc1ccco1)n1ccnc1. The molecule has 1 amide bonds. The summed E-state index contributed by atoms with van der Waals surface area (Å²) in [6.07, 6.45) is 7.77. The van der Waals surface area contributed by atoms with E-state index in [9.17, 15) is 4.79 Å². The molecule has 0 fully saturated rings. The molecule has 108 valence electrons. The quantitative estimate of drug-likeness (QED) is 0.760. The van der Waals surface area contributed by atoms with Gasteiger partial charge in [-0.05, 0) is 31.2 Å². The molecular weight excluding hydrogens is 274 g/mol. The summed E-state index contributed by atoms with van der Waals surface area (Å²) >= 11 is 1.81. The number of amides is 1. The fourth-order valence-corrected chi connectivity index (χ4v) is 2.59. The van der Waals surface area contributed by atoms with Gasteiger partial charge in [0.1, 0.15) is 11.8 Å². The lowest BCUT2D eigenvalue weighted by Crippen LogP contribution is -2.31. The highest BCUT2D eigenvalue weighted by atomic mass is 32.2. The van der Waals surface area contributed by atoms with E-state index in [1.54, 1.807) is 29.6 Å². The Morgan fingerprint density at radius 3 is 3.20 bits per heavy atom. The van der Waals surface area contributed by atoms with Crippen molar-refractivity contribution in [1.82, 2.24) is 14.9 Å². The molecule has 2 heterocycles. The molecule has 0 aromatic carbocycles. The van der Waals surface area contributed by atoms with Crippen molar-refractivity contribution in [2.24, 2.45) is 0 Å². The number of hydrogen-bond acceptors (Lipinski definition) is 4. The minimum Gasteiger partial charge on any atom is -0.468 e. The Labute approximate surface area is 122 Å². The Balaban J connectivity index is 1.55. The van der Waals surface area contributed by atoms with Crippen LogP contribution in [-0.4, -0.2) is 27.8 Å². The second kappa shape index (κ2) is 7.79. The van der Waals surface area contributed by atoms with Crippen LogP contribution in [0.25, 0.3) is 0 Å². The van der Waals surface area contributed by atoms with Gasteiger partial charge in [0.15, 0.2) is 0 Å². The van der Waals surface area contributed by atoms with E-state index in [2.05, 4.69) is 10.3 Å². The maximum atomic E-state index is 11.9. The topological polar surface area (TPSA) is 60.1 Å². The lowest BCUT2D eigenvalue weighted by Gasteiger charge is -2.13. The number of imidazole rings is 1. The minimum atomic E-state index is -0.215. The summed E-state index contributed by atoms with van der Waals surface area (Å²) in [5, 5.41) is 2.94. The van der Waals surface area contributed by atoms with Crippen LogP contribution in [-0.2, 0) is 10.5 Å². The Hall–Kier alpha value is -1.69. The van der Waals surface area contributed by atoms with Crippen LogP contribution in [0.4, 0.5) is 0 Å². The third kappa shape index (κ3) is 4.45. The molecule has 1 unspecified atom stereocenters. The van der Waals surface area contributed by atoms with Crippen LogP contribution in [0.2, 0.25) is 0 Å². The first-order valence-electron chi connectivity index (χ1n) is 6.62. The predicted octanol–water partition coefficient (Wildman–Crippen LogP) is 2.48. The van der Waals surface area contributed by atoms with Crippen molar-refractivity contribution in [3.05, 3.63) is 42.9 Å². The van der Waals surface area contributed by atoms with Crippen molar-refractivity contribution in [3.63, 3.8) is 0 Å². The fraction of sp³-hybridized carbons (Fsp3) is 0.429. The molecule has 0 radical (unpaired) electrons. The molecule has 1 N–H and O–H groups in total. The summed E-state index contributed by atoms with van der Waals surface area (Å²) in [6, 6.07) is 3.66. The van der Waals surface area contributed by atoms with Crippen LogP contribution in [0, 0.1) is 0 Å². The molecule has 1 atom stereocenters. The van der Waals surface area contributed by atoms with Gasteiger partial charge in [0.2, 0.25) is 5.91 Å². The lowest BCUT2D eigenvalue weighted by molar-refractivity contribution is -0.123. The Morgan fingerprint density at radius 1 is 1.60 bits per heavy atom. The number of hydrogen-bond donors (Lipinski definition) is 1. The van der Waals surface area contributed by atoms with Crippen molar-refractivity contribution in [1.29, 1.82) is 0 Å². The third-order valence-corrected chi connectivity index (χ3v) is 4.01. The monoisotopic (exact) mass is 293 g/mol. The molecule has 0 saturated heterocycles. The Bertz CT molecular complexity index is 496. The lowest BCUT2D eigenvalue weighted by atomic mass is 10.3. The average Bonchev–Trinajstić information content (AvgIpc) is 3.13. The molecular formula is C14H19N3O2S. The van der Waals surface area contributed by atoms with E-state index in [1.807, 2.05) is 30.8 Å². The number of aromatic nitrogens is 2. The molecule has 20 heavy (non-hydrogen) atoms. The first-order chi connectivity index (χ1) is 9.77. The highest BCUT2D eigenvalue weighted by Gasteiger charge is 2.12. The number of carbonyl (C=O) groups excluding carboxylic acids is 1. The summed E-state index contributed by atoms with van der Waals surface area (Å²) in [5.41, 5.74) is 0. The molecule has 2 rings (SSSR count). The smallest absolute Gasteiger partial charge is 0.242 e. The van der Waals surface area contributed by atoms with Gasteiger partial charge in [-0.25, -0.2) is 4.98 Å². The van der Waals surface area contributed by atoms with E-state index in [4.69, 9.17) is 4.42 Å². The van der Waals surface area contributed by atoms with Crippen molar-refractivity contribution in [2.75, 3.05) is 12.3 Å². The average molecular weight is 293 g/mol. The summed E-state index contributed by atoms with van der Waals surface area (Å²) in [6.45, 7) is 2.56. The summed E-state index contributed by atoms with van der Waals surface area (Å²) < 4.78 is 7.04. The molecule has 5 nitrogen and oxygen atoms in total. The highest BCUT2D eigenvalue weighted by Crippen LogP contribution is 2.13. The summed E-state index contributed by atoms with van der Waals surface area (Å²) in [4.78, 5) is 15.8. The first-order valence-corrected chi connectivity index (χ1v) is 7.78. The van der Waals surface area contributed by atoms with E-state index in [-0.39, 0.29) is 11.9 Å². The first kappa shape index (κ1) is 14.7. The van der Waals surface area contributed by atoms with Crippen molar-refractivity contribution < 1.29 is 9.21 Å². The molecule has 2 aromatic heterocycles. The van der Waals surface area contributed by atoms with Crippen LogP contribution in [0.5, 0.6) is 0 Å². The number of carbonyl (C=O) groups is 1. The summed E-state index contributed by atoms with van der Waals surface area (Å²) in [5.74, 6) is 2.90. The van der Waals surface area contributed by atoms with Gasteiger partial charge in [0.05, 0.1) is 18.3 Å². The van der Waals surface area contributed by atoms with Crippen LogP contribution in [0.3, 0.4) is 0 Å². The van der Waals surface area contributed by atoms with Gasteiger partial charge in [0, 0.05) is 18.9 Å². The van der Waals surface area contributed by atoms with Crippen molar-refractivity contribution in [3.8, 4) is 0 Å². The second-order valence-electron chi connectivity index (χ2n) is 4.46. The third-order valence-electron chi connectivity index (χ3n) is 2.94. The second-order valence-corrected chi connectivity index (χ2v) is 5.57. The predicted molar refractivity (Wildman–Crippen MR) is 79.4 cm³/mol. The van der Waals surface area contributed by atoms with E-state index >= 15 is 0 Å². The standard InChI is InChI=1S/C14H19N3O2S/c1-12(17-7-6-15-11-17)14(18)16-5-3-9-20-10-13-4-2-8-19-13/h2,4,6-8,11-12H,3,5,9-10H2,1H3,(H,16,18). The fourth-order valence-electron chi connectivity index (χ4n) is 1.73. The van der Waals surface area contributed by atoms with Crippen LogP contribution >= 0.6 is 11.8 Å². The molecule has 0 saturated carbocycles. The van der Waals surface area contributed by atoms with Gasteiger partial charge in [-0.15, -0.1) is 0 Å². The molecule has 0 aliphatic carbocycles. The maximum absolute atomic E-state index is 11.9. The Morgan fingerprint density at radius 2 is 2.50 bits per heavy atom. The number of thioether (sulfide) groups is 1. The molecule has 0 spiro atoms. The molecule has 6 heteroatoms. The number of nitrogens with zero attached hydrogens (tertiary/aromatic N) is 2. The van der Waals surface area contributed by atoms with Crippen LogP contribution in [0.1, 0.15) is 25.1 Å². The van der Waals surface area contributed by atoms with Gasteiger partial charge >= 0.3 is 0 Å². The molecule has 0 aliphatic heterocycles. The van der Waals surface area contributed by atoms with Crippen LogP contribution in [0.15, 0.2) is 41.5 Å². The zero-order chi connectivity index (χ0) is 14.2. The normalized spacial score (nSPS) is 12.2. The molecule has 0 bridgehead atoms. The van der Waals surface area contributed by atoms with Gasteiger partial charge < -0.3 is 14.3 Å². The van der Waals surface area contributed by atoms with Crippen molar-refractivity contribution in [2.45, 2.75) is 25.1 Å². The van der Waals surface area contributed by atoms with Gasteiger partial charge in [-0.2, -0.15) is 11.8 Å². The largest absolute Gasteiger partial charge is 0.468 e. The van der Waals surface area contributed by atoms with E-state index in [0.717, 1.165) is 23.7 Å². The Kier molecular flexibility index (Phi) is 5.73. The van der Waals surface area contributed by atoms with Gasteiger partial charge in [-0.3, -0.25) is 4.79 Å². The van der Waals surface area contributed by atoms with E-state index in [1.165, 1.54) is 0 Å². The highest BCUT2D eigenvalue weighted by molar-refractivity contribution is 7.98.